The second kappa shape index (κ2) is 9.62. The number of ether oxygens (including phenoxy) is 1. The molecule has 2 aromatic carbocycles. The number of rotatable bonds is 7. The van der Waals surface area contributed by atoms with Gasteiger partial charge in [0.25, 0.3) is 5.91 Å². The number of nitrogens with one attached hydrogen (secondary N) is 1. The molecule has 1 aliphatic rings. The molecule has 3 rings (SSSR count). The highest BCUT2D eigenvalue weighted by Crippen LogP contribution is 2.21. The van der Waals surface area contributed by atoms with Crippen molar-refractivity contribution < 1.29 is 17.9 Å². The predicted octanol–water partition coefficient (Wildman–Crippen LogP) is 3.55. The van der Waals surface area contributed by atoms with Crippen LogP contribution in [0.3, 0.4) is 0 Å². The van der Waals surface area contributed by atoms with Crippen LogP contribution in [0, 0.1) is 0 Å². The standard InChI is InChI=1S/C23H30N2O4S/c1-17(2)19-9-11-21(12-10-19)29-18(3)23(26)25-15-13-20(14-16-25)24-30(27,28)22-7-5-4-6-8-22/h4-12,17-18,20,24H,13-16H2,1-3H3. The Balaban J connectivity index is 1.51. The molecule has 1 unspecified atom stereocenters. The van der Waals surface area contributed by atoms with Crippen LogP contribution in [0.1, 0.15) is 45.1 Å². The van der Waals surface area contributed by atoms with E-state index < -0.39 is 16.1 Å². The minimum atomic E-state index is -3.54. The first-order valence-electron chi connectivity index (χ1n) is 10.4. The Hall–Kier alpha value is -2.38. The third kappa shape index (κ3) is 5.61. The summed E-state index contributed by atoms with van der Waals surface area (Å²) in [5, 5.41) is 0. The summed E-state index contributed by atoms with van der Waals surface area (Å²) in [5.74, 6) is 1.04. The molecule has 1 aliphatic heterocycles. The second-order valence-corrected chi connectivity index (χ2v) is 9.73. The highest BCUT2D eigenvalue weighted by atomic mass is 32.2. The number of benzene rings is 2. The fourth-order valence-corrected chi connectivity index (χ4v) is 4.87. The molecule has 1 N–H and O–H groups in total. The van der Waals surface area contributed by atoms with Gasteiger partial charge in [0.15, 0.2) is 6.10 Å². The Morgan fingerprint density at radius 2 is 1.60 bits per heavy atom. The number of carbonyl (C=O) groups is 1. The van der Waals surface area contributed by atoms with Gasteiger partial charge in [0.05, 0.1) is 4.90 Å². The lowest BCUT2D eigenvalue weighted by Gasteiger charge is -2.33. The zero-order valence-corrected chi connectivity index (χ0v) is 18.6. The molecule has 1 saturated heterocycles. The van der Waals surface area contributed by atoms with Crippen LogP contribution in [0.15, 0.2) is 59.5 Å². The third-order valence-electron chi connectivity index (χ3n) is 5.39. The lowest BCUT2D eigenvalue weighted by Crippen LogP contribution is -2.49. The minimum Gasteiger partial charge on any atom is -0.481 e. The molecule has 30 heavy (non-hydrogen) atoms. The molecule has 0 aromatic heterocycles. The summed E-state index contributed by atoms with van der Waals surface area (Å²) < 4.78 is 33.5. The van der Waals surface area contributed by atoms with E-state index in [2.05, 4.69) is 18.6 Å². The van der Waals surface area contributed by atoms with Crippen molar-refractivity contribution in [2.45, 2.75) is 56.6 Å². The fourth-order valence-electron chi connectivity index (χ4n) is 3.55. The normalized spacial score (nSPS) is 16.5. The van der Waals surface area contributed by atoms with Gasteiger partial charge in [0.1, 0.15) is 5.75 Å². The average Bonchev–Trinajstić information content (AvgIpc) is 2.74. The van der Waals surface area contributed by atoms with Gasteiger partial charge >= 0.3 is 0 Å². The van der Waals surface area contributed by atoms with Crippen LogP contribution in [-0.2, 0) is 14.8 Å². The van der Waals surface area contributed by atoms with Gasteiger partial charge in [0, 0.05) is 19.1 Å². The Bertz CT molecular complexity index is 935. The van der Waals surface area contributed by atoms with Crippen LogP contribution >= 0.6 is 0 Å². The zero-order valence-electron chi connectivity index (χ0n) is 17.7. The van der Waals surface area contributed by atoms with Crippen molar-refractivity contribution >= 4 is 15.9 Å². The summed E-state index contributed by atoms with van der Waals surface area (Å²) in [7, 11) is -3.54. The lowest BCUT2D eigenvalue weighted by atomic mass is 10.0. The monoisotopic (exact) mass is 430 g/mol. The topological polar surface area (TPSA) is 75.7 Å². The van der Waals surface area contributed by atoms with Gasteiger partial charge in [-0.2, -0.15) is 0 Å². The highest BCUT2D eigenvalue weighted by molar-refractivity contribution is 7.89. The van der Waals surface area contributed by atoms with E-state index >= 15 is 0 Å². The molecule has 162 valence electrons. The maximum absolute atomic E-state index is 12.8. The molecule has 1 atom stereocenters. The molecule has 1 amide bonds. The summed E-state index contributed by atoms with van der Waals surface area (Å²) in [6.07, 6.45) is 0.564. The molecule has 0 bridgehead atoms. The van der Waals surface area contributed by atoms with Crippen LogP contribution in [-0.4, -0.2) is 44.5 Å². The number of amides is 1. The molecular weight excluding hydrogens is 400 g/mol. The minimum absolute atomic E-state index is 0.0766. The van der Waals surface area contributed by atoms with E-state index in [-0.39, 0.29) is 16.8 Å². The third-order valence-corrected chi connectivity index (χ3v) is 6.93. The van der Waals surface area contributed by atoms with Gasteiger partial charge < -0.3 is 9.64 Å². The van der Waals surface area contributed by atoms with Crippen molar-refractivity contribution in [1.29, 1.82) is 0 Å². The molecule has 0 radical (unpaired) electrons. The highest BCUT2D eigenvalue weighted by Gasteiger charge is 2.29. The maximum atomic E-state index is 12.8. The predicted molar refractivity (Wildman–Crippen MR) is 117 cm³/mol. The largest absolute Gasteiger partial charge is 0.481 e. The smallest absolute Gasteiger partial charge is 0.263 e. The summed E-state index contributed by atoms with van der Waals surface area (Å²) in [6.45, 7) is 7.02. The van der Waals surface area contributed by atoms with Gasteiger partial charge in [0.2, 0.25) is 10.0 Å². The van der Waals surface area contributed by atoms with E-state index in [4.69, 9.17) is 4.74 Å². The first-order valence-corrected chi connectivity index (χ1v) is 11.9. The van der Waals surface area contributed by atoms with E-state index in [0.29, 0.717) is 37.6 Å². The Morgan fingerprint density at radius 1 is 1.00 bits per heavy atom. The second-order valence-electron chi connectivity index (χ2n) is 8.02. The summed E-state index contributed by atoms with van der Waals surface area (Å²) in [4.78, 5) is 14.8. The first-order chi connectivity index (χ1) is 14.3. The van der Waals surface area contributed by atoms with Gasteiger partial charge in [-0.15, -0.1) is 0 Å². The van der Waals surface area contributed by atoms with Gasteiger partial charge in [-0.3, -0.25) is 4.79 Å². The molecule has 1 heterocycles. The van der Waals surface area contributed by atoms with Crippen molar-refractivity contribution in [2.75, 3.05) is 13.1 Å². The lowest BCUT2D eigenvalue weighted by molar-refractivity contribution is -0.139. The fraction of sp³-hybridized carbons (Fsp3) is 0.435. The molecule has 0 aliphatic carbocycles. The summed E-state index contributed by atoms with van der Waals surface area (Å²) >= 11 is 0. The van der Waals surface area contributed by atoms with Crippen molar-refractivity contribution in [2.24, 2.45) is 0 Å². The number of hydrogen-bond acceptors (Lipinski definition) is 4. The maximum Gasteiger partial charge on any atom is 0.263 e. The molecule has 7 heteroatoms. The summed E-state index contributed by atoms with van der Waals surface area (Å²) in [5.41, 5.74) is 1.22. The van der Waals surface area contributed by atoms with Crippen LogP contribution in [0.4, 0.5) is 0 Å². The molecule has 6 nitrogen and oxygen atoms in total. The number of hydrogen-bond donors (Lipinski definition) is 1. The van der Waals surface area contributed by atoms with E-state index in [0.717, 1.165) is 0 Å². The number of piperidine rings is 1. The van der Waals surface area contributed by atoms with E-state index in [1.807, 2.05) is 24.3 Å². The number of likely N-dealkylation sites (tertiary alicyclic amines) is 1. The van der Waals surface area contributed by atoms with Crippen molar-refractivity contribution in [3.05, 3.63) is 60.2 Å². The molecular formula is C23H30N2O4S. The Labute approximate surface area is 179 Å². The van der Waals surface area contributed by atoms with Gasteiger partial charge in [-0.25, -0.2) is 13.1 Å². The molecule has 1 fully saturated rings. The number of carbonyl (C=O) groups excluding carboxylic acids is 1. The van der Waals surface area contributed by atoms with Crippen LogP contribution in [0.5, 0.6) is 5.75 Å². The van der Waals surface area contributed by atoms with E-state index in [1.165, 1.54) is 5.56 Å². The number of sulfonamides is 1. The Kier molecular flexibility index (Phi) is 7.15. The van der Waals surface area contributed by atoms with Crippen LogP contribution in [0.25, 0.3) is 0 Å². The molecule has 2 aromatic rings. The van der Waals surface area contributed by atoms with Crippen molar-refractivity contribution in [3.8, 4) is 5.75 Å². The SMILES string of the molecule is CC(Oc1ccc(C(C)C)cc1)C(=O)N1CCC(NS(=O)(=O)c2ccccc2)CC1. The van der Waals surface area contributed by atoms with Crippen LogP contribution < -0.4 is 9.46 Å². The van der Waals surface area contributed by atoms with E-state index in [9.17, 15) is 13.2 Å². The van der Waals surface area contributed by atoms with Gasteiger partial charge in [-0.05, 0) is 55.5 Å². The van der Waals surface area contributed by atoms with Gasteiger partial charge in [-0.1, -0.05) is 44.2 Å². The zero-order chi connectivity index (χ0) is 21.7. The average molecular weight is 431 g/mol. The summed E-state index contributed by atoms with van der Waals surface area (Å²) in [6, 6.07) is 16.0. The molecule has 0 saturated carbocycles. The van der Waals surface area contributed by atoms with Crippen molar-refractivity contribution in [1.82, 2.24) is 9.62 Å². The Morgan fingerprint density at radius 3 is 2.17 bits per heavy atom. The number of nitrogens with zero attached hydrogens (tertiary/aromatic N) is 1. The van der Waals surface area contributed by atoms with E-state index in [1.54, 1.807) is 42.2 Å². The van der Waals surface area contributed by atoms with Crippen molar-refractivity contribution in [3.63, 3.8) is 0 Å². The molecule has 0 spiro atoms. The quantitative estimate of drug-likeness (QED) is 0.729. The first kappa shape index (κ1) is 22.3. The van der Waals surface area contributed by atoms with Crippen LogP contribution in [0.2, 0.25) is 0 Å².